The van der Waals surface area contributed by atoms with Crippen LogP contribution in [-0.2, 0) is 9.53 Å². The number of amides is 1. The van der Waals surface area contributed by atoms with E-state index in [9.17, 15) is 9.59 Å². The lowest BCUT2D eigenvalue weighted by molar-refractivity contribution is -0.134. The number of anilines is 1. The van der Waals surface area contributed by atoms with Crippen molar-refractivity contribution in [2.45, 2.75) is 6.92 Å². The topological polar surface area (TPSA) is 59.1 Å². The number of halogens is 1. The van der Waals surface area contributed by atoms with Crippen LogP contribution in [0.15, 0.2) is 42.5 Å². The number of rotatable bonds is 5. The van der Waals surface area contributed by atoms with E-state index < -0.39 is 5.97 Å². The van der Waals surface area contributed by atoms with Crippen LogP contribution in [0.5, 0.6) is 5.75 Å². The molecule has 0 unspecified atom stereocenters. The normalized spacial score (nSPS) is 14.0. The number of ether oxygens (including phenoxy) is 2. The van der Waals surface area contributed by atoms with E-state index in [0.717, 1.165) is 11.3 Å². The van der Waals surface area contributed by atoms with E-state index in [1.165, 1.54) is 0 Å². The Hall–Kier alpha value is -2.73. The molecule has 1 aliphatic rings. The van der Waals surface area contributed by atoms with E-state index in [4.69, 9.17) is 21.1 Å². The lowest BCUT2D eigenvalue weighted by atomic mass is 10.1. The fourth-order valence-electron chi connectivity index (χ4n) is 3.14. The number of nitrogens with zero attached hydrogens (tertiary/aromatic N) is 2. The molecule has 148 valence electrons. The van der Waals surface area contributed by atoms with E-state index in [2.05, 4.69) is 4.90 Å². The number of piperazine rings is 1. The molecule has 1 heterocycles. The second-order valence-electron chi connectivity index (χ2n) is 6.61. The highest BCUT2D eigenvalue weighted by Gasteiger charge is 2.22. The minimum absolute atomic E-state index is 0.196. The van der Waals surface area contributed by atoms with Gasteiger partial charge in [0, 0.05) is 36.9 Å². The monoisotopic (exact) mass is 402 g/mol. The molecule has 0 spiro atoms. The Bertz CT molecular complexity index is 863. The van der Waals surface area contributed by atoms with E-state index in [0.29, 0.717) is 42.5 Å². The molecule has 1 amide bonds. The van der Waals surface area contributed by atoms with Crippen molar-refractivity contribution in [1.82, 2.24) is 4.90 Å². The molecule has 0 bridgehead atoms. The lowest BCUT2D eigenvalue weighted by Gasteiger charge is -2.36. The molecule has 0 radical (unpaired) electrons. The standard InChI is InChI=1S/C21H23ClN2O4/c1-15-6-7-16(12-19(15)27-2)21(26)28-14-20(25)24-10-8-23(9-11-24)18-5-3-4-17(22)13-18/h3-7,12-13H,8-11,14H2,1-2H3. The van der Waals surface area contributed by atoms with Crippen molar-refractivity contribution in [3.05, 3.63) is 58.6 Å². The average Bonchev–Trinajstić information content (AvgIpc) is 2.72. The van der Waals surface area contributed by atoms with Gasteiger partial charge in [-0.15, -0.1) is 0 Å². The number of hydrogen-bond acceptors (Lipinski definition) is 5. The molecular formula is C21H23ClN2O4. The fourth-order valence-corrected chi connectivity index (χ4v) is 3.32. The first-order valence-electron chi connectivity index (χ1n) is 9.08. The average molecular weight is 403 g/mol. The van der Waals surface area contributed by atoms with Crippen LogP contribution in [0.25, 0.3) is 0 Å². The Morgan fingerprint density at radius 3 is 2.50 bits per heavy atom. The molecule has 7 heteroatoms. The van der Waals surface area contributed by atoms with Crippen LogP contribution >= 0.6 is 11.6 Å². The zero-order valence-corrected chi connectivity index (χ0v) is 16.7. The highest BCUT2D eigenvalue weighted by Crippen LogP contribution is 2.21. The Labute approximate surface area is 169 Å². The Balaban J connectivity index is 1.50. The van der Waals surface area contributed by atoms with Crippen LogP contribution in [0.1, 0.15) is 15.9 Å². The van der Waals surface area contributed by atoms with Crippen molar-refractivity contribution in [2.75, 3.05) is 44.8 Å². The lowest BCUT2D eigenvalue weighted by Crippen LogP contribution is -2.49. The second kappa shape index (κ2) is 8.97. The molecular weight excluding hydrogens is 380 g/mol. The summed E-state index contributed by atoms with van der Waals surface area (Å²) in [6, 6.07) is 12.7. The second-order valence-corrected chi connectivity index (χ2v) is 7.04. The van der Waals surface area contributed by atoms with E-state index >= 15 is 0 Å². The summed E-state index contributed by atoms with van der Waals surface area (Å²) < 4.78 is 10.4. The molecule has 2 aromatic carbocycles. The van der Waals surface area contributed by atoms with Crippen molar-refractivity contribution in [3.8, 4) is 5.75 Å². The summed E-state index contributed by atoms with van der Waals surface area (Å²) in [5.74, 6) is -0.125. The van der Waals surface area contributed by atoms with Crippen LogP contribution in [0.3, 0.4) is 0 Å². The van der Waals surface area contributed by atoms with Gasteiger partial charge < -0.3 is 19.3 Å². The maximum Gasteiger partial charge on any atom is 0.338 e. The number of carbonyl (C=O) groups excluding carboxylic acids is 2. The largest absolute Gasteiger partial charge is 0.496 e. The van der Waals surface area contributed by atoms with E-state index in [-0.39, 0.29) is 12.5 Å². The smallest absolute Gasteiger partial charge is 0.338 e. The SMILES string of the molecule is COc1cc(C(=O)OCC(=O)N2CCN(c3cccc(Cl)c3)CC2)ccc1C. The summed E-state index contributed by atoms with van der Waals surface area (Å²) in [4.78, 5) is 28.5. The quantitative estimate of drug-likeness (QED) is 0.719. The molecule has 1 fully saturated rings. The van der Waals surface area contributed by atoms with Gasteiger partial charge in [0.05, 0.1) is 12.7 Å². The first kappa shape index (κ1) is 20.0. The summed E-state index contributed by atoms with van der Waals surface area (Å²) in [6.45, 7) is 4.17. The van der Waals surface area contributed by atoms with Gasteiger partial charge in [-0.1, -0.05) is 23.7 Å². The van der Waals surface area contributed by atoms with Gasteiger partial charge in [-0.25, -0.2) is 4.79 Å². The van der Waals surface area contributed by atoms with Crippen molar-refractivity contribution in [3.63, 3.8) is 0 Å². The molecule has 2 aromatic rings. The van der Waals surface area contributed by atoms with Gasteiger partial charge in [-0.05, 0) is 42.8 Å². The number of carbonyl (C=O) groups is 2. The van der Waals surface area contributed by atoms with Gasteiger partial charge in [0.1, 0.15) is 5.75 Å². The molecule has 6 nitrogen and oxygen atoms in total. The third kappa shape index (κ3) is 4.75. The Morgan fingerprint density at radius 2 is 1.82 bits per heavy atom. The summed E-state index contributed by atoms with van der Waals surface area (Å²) >= 11 is 6.04. The highest BCUT2D eigenvalue weighted by atomic mass is 35.5. The maximum absolute atomic E-state index is 12.4. The summed E-state index contributed by atoms with van der Waals surface area (Å²) in [5, 5.41) is 0.690. The first-order chi connectivity index (χ1) is 13.5. The molecule has 1 saturated heterocycles. The zero-order chi connectivity index (χ0) is 20.1. The van der Waals surface area contributed by atoms with E-state index in [1.807, 2.05) is 31.2 Å². The molecule has 0 aliphatic carbocycles. The van der Waals surface area contributed by atoms with Gasteiger partial charge in [0.2, 0.25) is 0 Å². The molecule has 0 N–H and O–H groups in total. The van der Waals surface area contributed by atoms with Crippen molar-refractivity contribution in [2.24, 2.45) is 0 Å². The fraction of sp³-hybridized carbons (Fsp3) is 0.333. The molecule has 3 rings (SSSR count). The zero-order valence-electron chi connectivity index (χ0n) is 16.0. The van der Waals surface area contributed by atoms with Crippen molar-refractivity contribution in [1.29, 1.82) is 0 Å². The minimum atomic E-state index is -0.538. The predicted octanol–water partition coefficient (Wildman–Crippen LogP) is 3.16. The molecule has 0 saturated carbocycles. The van der Waals surface area contributed by atoms with Gasteiger partial charge in [-0.3, -0.25) is 4.79 Å². The van der Waals surface area contributed by atoms with Crippen molar-refractivity contribution >= 4 is 29.2 Å². The van der Waals surface area contributed by atoms with Crippen LogP contribution in [0.2, 0.25) is 5.02 Å². The molecule has 28 heavy (non-hydrogen) atoms. The van der Waals surface area contributed by atoms with Crippen LogP contribution in [-0.4, -0.2) is 56.7 Å². The van der Waals surface area contributed by atoms with Gasteiger partial charge in [0.25, 0.3) is 5.91 Å². The number of hydrogen-bond donors (Lipinski definition) is 0. The summed E-state index contributed by atoms with van der Waals surface area (Å²) in [7, 11) is 1.55. The Morgan fingerprint density at radius 1 is 1.07 bits per heavy atom. The maximum atomic E-state index is 12.4. The highest BCUT2D eigenvalue weighted by molar-refractivity contribution is 6.30. The minimum Gasteiger partial charge on any atom is -0.496 e. The third-order valence-corrected chi connectivity index (χ3v) is 5.01. The van der Waals surface area contributed by atoms with Crippen molar-refractivity contribution < 1.29 is 19.1 Å². The van der Waals surface area contributed by atoms with Crippen LogP contribution in [0, 0.1) is 6.92 Å². The van der Waals surface area contributed by atoms with Gasteiger partial charge in [0.15, 0.2) is 6.61 Å². The number of esters is 1. The van der Waals surface area contributed by atoms with Crippen LogP contribution in [0.4, 0.5) is 5.69 Å². The summed E-state index contributed by atoms with van der Waals surface area (Å²) in [5.41, 5.74) is 2.33. The summed E-state index contributed by atoms with van der Waals surface area (Å²) in [6.07, 6.45) is 0. The van der Waals surface area contributed by atoms with E-state index in [1.54, 1.807) is 30.2 Å². The number of benzene rings is 2. The number of methoxy groups -OCH3 is 1. The van der Waals surface area contributed by atoms with Gasteiger partial charge in [-0.2, -0.15) is 0 Å². The Kier molecular flexibility index (Phi) is 6.41. The number of aryl methyl sites for hydroxylation is 1. The molecule has 1 aliphatic heterocycles. The van der Waals surface area contributed by atoms with Crippen LogP contribution < -0.4 is 9.64 Å². The molecule has 0 atom stereocenters. The third-order valence-electron chi connectivity index (χ3n) is 4.78. The van der Waals surface area contributed by atoms with Gasteiger partial charge >= 0.3 is 5.97 Å². The molecule has 0 aromatic heterocycles. The first-order valence-corrected chi connectivity index (χ1v) is 9.46. The predicted molar refractivity (Wildman–Crippen MR) is 108 cm³/mol.